The minimum absolute atomic E-state index is 0.298. The van der Waals surface area contributed by atoms with Crippen molar-refractivity contribution in [3.8, 4) is 0 Å². The minimum atomic E-state index is -3.40. The molecule has 0 radical (unpaired) electrons. The number of rotatable bonds is 3. The molecule has 0 aliphatic carbocycles. The predicted octanol–water partition coefficient (Wildman–Crippen LogP) is 1.44. The maximum Gasteiger partial charge on any atom is 0.281 e. The zero-order chi connectivity index (χ0) is 17.7. The maximum absolute atomic E-state index is 12.5. The zero-order valence-electron chi connectivity index (χ0n) is 14.9. The lowest BCUT2D eigenvalue weighted by atomic mass is 9.79. The van der Waals surface area contributed by atoms with E-state index in [0.717, 1.165) is 35.3 Å². The number of piperidine rings is 1. The van der Waals surface area contributed by atoms with Gasteiger partial charge in [-0.3, -0.25) is 4.68 Å². The Morgan fingerprint density at radius 2 is 2.00 bits per heavy atom. The summed E-state index contributed by atoms with van der Waals surface area (Å²) < 4.78 is 29.6. The molecular weight excluding hydrogens is 326 g/mol. The van der Waals surface area contributed by atoms with E-state index in [1.807, 2.05) is 26.1 Å². The van der Waals surface area contributed by atoms with E-state index in [2.05, 4.69) is 12.0 Å². The molecule has 0 amide bonds. The van der Waals surface area contributed by atoms with Crippen molar-refractivity contribution in [2.75, 3.05) is 27.2 Å². The molecule has 7 nitrogen and oxygen atoms in total. The predicted molar refractivity (Wildman–Crippen MR) is 94.0 cm³/mol. The quantitative estimate of drug-likeness (QED) is 0.839. The van der Waals surface area contributed by atoms with Crippen LogP contribution in [0.25, 0.3) is 11.0 Å². The molecule has 0 bridgehead atoms. The molecule has 1 aliphatic heterocycles. The van der Waals surface area contributed by atoms with Gasteiger partial charge in [-0.1, -0.05) is 6.92 Å². The molecule has 8 heteroatoms. The van der Waals surface area contributed by atoms with Crippen molar-refractivity contribution in [3.05, 3.63) is 23.5 Å². The molecule has 0 N–H and O–H groups in total. The van der Waals surface area contributed by atoms with Gasteiger partial charge in [0.05, 0.1) is 11.4 Å². The van der Waals surface area contributed by atoms with Crippen molar-refractivity contribution < 1.29 is 8.42 Å². The number of pyridine rings is 1. The Morgan fingerprint density at radius 3 is 2.67 bits per heavy atom. The molecule has 1 saturated heterocycles. The van der Waals surface area contributed by atoms with Crippen LogP contribution in [-0.4, -0.2) is 59.0 Å². The second kappa shape index (κ2) is 5.79. The molecule has 3 heterocycles. The summed E-state index contributed by atoms with van der Waals surface area (Å²) in [6.45, 7) is 5.07. The largest absolute Gasteiger partial charge is 0.281 e. The third kappa shape index (κ3) is 2.72. The Hall–Kier alpha value is -1.51. The summed E-state index contributed by atoms with van der Waals surface area (Å²) in [6.07, 6.45) is 1.75. The van der Waals surface area contributed by atoms with Gasteiger partial charge in [0, 0.05) is 45.0 Å². The van der Waals surface area contributed by atoms with Crippen molar-refractivity contribution >= 4 is 21.2 Å². The lowest BCUT2D eigenvalue weighted by Gasteiger charge is -2.40. The zero-order valence-corrected chi connectivity index (χ0v) is 15.8. The fourth-order valence-corrected chi connectivity index (χ4v) is 4.74. The van der Waals surface area contributed by atoms with Crippen molar-refractivity contribution in [1.82, 2.24) is 23.4 Å². The van der Waals surface area contributed by atoms with E-state index >= 15 is 0 Å². The van der Waals surface area contributed by atoms with Gasteiger partial charge in [0.1, 0.15) is 0 Å². The summed E-state index contributed by atoms with van der Waals surface area (Å²) in [6, 6.07) is 4.06. The lowest BCUT2D eigenvalue weighted by molar-refractivity contribution is 0.227. The van der Waals surface area contributed by atoms with Crippen LogP contribution in [0.1, 0.15) is 31.2 Å². The van der Waals surface area contributed by atoms with Gasteiger partial charge in [0.2, 0.25) is 0 Å². The van der Waals surface area contributed by atoms with Crippen LogP contribution < -0.4 is 0 Å². The molecule has 1 fully saturated rings. The highest BCUT2D eigenvalue weighted by atomic mass is 32.2. The highest BCUT2D eigenvalue weighted by Crippen LogP contribution is 2.35. The number of hydrogen-bond donors (Lipinski definition) is 0. The van der Waals surface area contributed by atoms with Crippen LogP contribution in [0, 0.1) is 6.92 Å². The molecular formula is C16H25N5O2S. The Bertz CT molecular complexity index is 874. The van der Waals surface area contributed by atoms with Crippen LogP contribution in [0.5, 0.6) is 0 Å². The highest BCUT2D eigenvalue weighted by Gasteiger charge is 2.39. The molecule has 1 atom stereocenters. The molecule has 0 saturated carbocycles. The number of aromatic nitrogens is 3. The summed E-state index contributed by atoms with van der Waals surface area (Å²) in [5.41, 5.74) is 2.43. The molecule has 1 aliphatic rings. The van der Waals surface area contributed by atoms with Crippen molar-refractivity contribution in [2.24, 2.45) is 7.05 Å². The topological polar surface area (TPSA) is 71.3 Å². The van der Waals surface area contributed by atoms with Gasteiger partial charge >= 0.3 is 0 Å². The van der Waals surface area contributed by atoms with Gasteiger partial charge in [-0.15, -0.1) is 0 Å². The van der Waals surface area contributed by atoms with Gasteiger partial charge < -0.3 is 0 Å². The normalized spacial score (nSPS) is 23.2. The Balaban J connectivity index is 2.00. The Morgan fingerprint density at radius 1 is 1.29 bits per heavy atom. The average molecular weight is 351 g/mol. The van der Waals surface area contributed by atoms with E-state index in [1.54, 1.807) is 23.1 Å². The van der Waals surface area contributed by atoms with E-state index in [9.17, 15) is 8.42 Å². The average Bonchev–Trinajstić information content (AvgIpc) is 2.81. The summed E-state index contributed by atoms with van der Waals surface area (Å²) in [7, 11) is 1.63. The summed E-state index contributed by atoms with van der Waals surface area (Å²) >= 11 is 0. The molecule has 0 aromatic carbocycles. The lowest BCUT2D eigenvalue weighted by Crippen LogP contribution is -2.50. The second-order valence-corrected chi connectivity index (χ2v) is 9.21. The number of fused-ring (bicyclic) bond motifs is 1. The van der Waals surface area contributed by atoms with Crippen LogP contribution in [0.15, 0.2) is 12.1 Å². The van der Waals surface area contributed by atoms with Gasteiger partial charge in [0.15, 0.2) is 5.65 Å². The number of hydrogen-bond acceptors (Lipinski definition) is 4. The van der Waals surface area contributed by atoms with E-state index < -0.39 is 10.2 Å². The first-order valence-electron chi connectivity index (χ1n) is 8.13. The monoisotopic (exact) mass is 351 g/mol. The SMILES string of the molecule is Cc1nn(C)c2nc([C@]3(C)CCCN(S(=O)(=O)N(C)C)C3)ccc12. The summed E-state index contributed by atoms with van der Waals surface area (Å²) in [4.78, 5) is 4.82. The fraction of sp³-hybridized carbons (Fsp3) is 0.625. The van der Waals surface area contributed by atoms with Gasteiger partial charge in [0.25, 0.3) is 10.2 Å². The Kier molecular flexibility index (Phi) is 4.17. The van der Waals surface area contributed by atoms with Crippen LogP contribution in [0.3, 0.4) is 0 Å². The molecule has 24 heavy (non-hydrogen) atoms. The van der Waals surface area contributed by atoms with E-state index in [0.29, 0.717) is 13.1 Å². The van der Waals surface area contributed by atoms with Crippen LogP contribution >= 0.6 is 0 Å². The third-order valence-electron chi connectivity index (χ3n) is 4.94. The fourth-order valence-electron chi connectivity index (χ4n) is 3.47. The van der Waals surface area contributed by atoms with Crippen LogP contribution in [0.2, 0.25) is 0 Å². The van der Waals surface area contributed by atoms with Crippen LogP contribution in [-0.2, 0) is 22.7 Å². The first-order valence-corrected chi connectivity index (χ1v) is 9.53. The van der Waals surface area contributed by atoms with Gasteiger partial charge in [-0.05, 0) is 31.9 Å². The molecule has 0 unspecified atom stereocenters. The van der Waals surface area contributed by atoms with E-state index in [4.69, 9.17) is 4.98 Å². The standard InChI is InChI=1S/C16H25N5O2S/c1-12-13-7-8-14(17-15(13)20(5)18-12)16(2)9-6-10-21(11-16)24(22,23)19(3)4/h7-8H,6,9-11H2,1-5H3/t16-/m1/s1. The molecule has 3 rings (SSSR count). The van der Waals surface area contributed by atoms with Crippen molar-refractivity contribution in [3.63, 3.8) is 0 Å². The first kappa shape index (κ1) is 17.3. The van der Waals surface area contributed by atoms with E-state index in [1.165, 1.54) is 4.31 Å². The molecule has 132 valence electrons. The second-order valence-electron chi connectivity index (χ2n) is 7.06. The maximum atomic E-state index is 12.5. The van der Waals surface area contributed by atoms with E-state index in [-0.39, 0.29) is 5.41 Å². The van der Waals surface area contributed by atoms with Gasteiger partial charge in [-0.25, -0.2) is 4.98 Å². The van der Waals surface area contributed by atoms with Crippen molar-refractivity contribution in [2.45, 2.75) is 32.1 Å². The van der Waals surface area contributed by atoms with Crippen molar-refractivity contribution in [1.29, 1.82) is 0 Å². The van der Waals surface area contributed by atoms with Crippen LogP contribution in [0.4, 0.5) is 0 Å². The highest BCUT2D eigenvalue weighted by molar-refractivity contribution is 7.86. The summed E-state index contributed by atoms with van der Waals surface area (Å²) in [5, 5.41) is 5.46. The van der Waals surface area contributed by atoms with Gasteiger partial charge in [-0.2, -0.15) is 22.1 Å². The number of aryl methyl sites for hydroxylation is 2. The molecule has 0 spiro atoms. The smallest absolute Gasteiger partial charge is 0.250 e. The molecule has 2 aromatic heterocycles. The summed E-state index contributed by atoms with van der Waals surface area (Å²) in [5.74, 6) is 0. The third-order valence-corrected chi connectivity index (χ3v) is 6.83. The Labute approximate surface area is 143 Å². The minimum Gasteiger partial charge on any atom is -0.250 e. The first-order chi connectivity index (χ1) is 11.1. The molecule has 2 aromatic rings. The number of nitrogens with zero attached hydrogens (tertiary/aromatic N) is 5.